The maximum Gasteiger partial charge on any atom is 0.129 e. The molecule has 1 rings (SSSR count). The van der Waals surface area contributed by atoms with Gasteiger partial charge in [-0.2, -0.15) is 0 Å². The van der Waals surface area contributed by atoms with Gasteiger partial charge in [0.2, 0.25) is 0 Å². The number of rotatable bonds is 3. The smallest absolute Gasteiger partial charge is 0.129 e. The lowest BCUT2D eigenvalue weighted by atomic mass is 10.2. The maximum absolute atomic E-state index is 5.65. The lowest BCUT2D eigenvalue weighted by Crippen LogP contribution is -2.23. The minimum Gasteiger partial charge on any atom is -0.361 e. The number of halogens is 1. The molecule has 0 unspecified atom stereocenters. The van der Waals surface area contributed by atoms with Gasteiger partial charge < -0.3 is 10.1 Å². The van der Waals surface area contributed by atoms with Crippen molar-refractivity contribution in [3.63, 3.8) is 0 Å². The molecule has 0 bridgehead atoms. The molecule has 1 heterocycles. The monoisotopic (exact) mass is 214 g/mol. The lowest BCUT2D eigenvalue weighted by Gasteiger charge is -2.20. The second-order valence-electron chi connectivity index (χ2n) is 3.95. The third kappa shape index (κ3) is 4.44. The van der Waals surface area contributed by atoms with Gasteiger partial charge in [-0.3, -0.25) is 0 Å². The molecule has 78 valence electrons. The molecule has 0 spiro atoms. The number of nitrogens with zero attached hydrogens (tertiary/aromatic N) is 1. The fraction of sp³-hybridized carbons (Fsp3) is 0.500. The van der Waals surface area contributed by atoms with Crippen LogP contribution in [0, 0.1) is 0 Å². The average molecular weight is 215 g/mol. The van der Waals surface area contributed by atoms with Gasteiger partial charge in [0, 0.05) is 0 Å². The van der Waals surface area contributed by atoms with E-state index in [-0.39, 0.29) is 5.60 Å². The third-order valence-corrected chi connectivity index (χ3v) is 1.73. The summed E-state index contributed by atoms with van der Waals surface area (Å²) in [5, 5.41) is 3.58. The highest BCUT2D eigenvalue weighted by atomic mass is 35.5. The largest absolute Gasteiger partial charge is 0.361 e. The molecule has 4 heteroatoms. The first kappa shape index (κ1) is 11.3. The van der Waals surface area contributed by atoms with Crippen molar-refractivity contribution in [2.24, 2.45) is 0 Å². The Balaban J connectivity index is 2.35. The third-order valence-electron chi connectivity index (χ3n) is 1.51. The minimum atomic E-state index is -0.132. The van der Waals surface area contributed by atoms with Crippen LogP contribution >= 0.6 is 11.6 Å². The molecule has 1 aromatic heterocycles. The Morgan fingerprint density at radius 3 is 2.64 bits per heavy atom. The van der Waals surface area contributed by atoms with Gasteiger partial charge in [-0.15, -0.1) is 0 Å². The van der Waals surface area contributed by atoms with E-state index in [0.717, 1.165) is 5.69 Å². The van der Waals surface area contributed by atoms with E-state index in [1.807, 2.05) is 26.8 Å². The number of hydrogen-bond donors (Lipinski definition) is 1. The van der Waals surface area contributed by atoms with Crippen molar-refractivity contribution in [1.82, 2.24) is 4.98 Å². The van der Waals surface area contributed by atoms with Gasteiger partial charge in [0.05, 0.1) is 17.5 Å². The summed E-state index contributed by atoms with van der Waals surface area (Å²) in [4.78, 5) is 3.94. The summed E-state index contributed by atoms with van der Waals surface area (Å²) >= 11 is 5.65. The summed E-state index contributed by atoms with van der Waals surface area (Å²) in [5.41, 5.74) is 0.769. The van der Waals surface area contributed by atoms with Gasteiger partial charge in [0.25, 0.3) is 0 Å². The van der Waals surface area contributed by atoms with E-state index in [4.69, 9.17) is 16.3 Å². The number of nitrogens with one attached hydrogen (secondary N) is 1. The number of aromatic nitrogens is 1. The Morgan fingerprint density at radius 2 is 2.14 bits per heavy atom. The van der Waals surface area contributed by atoms with Crippen LogP contribution in [0.2, 0.25) is 5.15 Å². The second-order valence-corrected chi connectivity index (χ2v) is 4.33. The summed E-state index contributed by atoms with van der Waals surface area (Å²) < 4.78 is 5.49. The standard InChI is InChI=1S/C10H15ClN2O/c1-10(2,3)14-7-13-8-4-5-9(11)12-6-8/h4-6,13H,7H2,1-3H3. The first-order valence-electron chi connectivity index (χ1n) is 4.47. The van der Waals surface area contributed by atoms with Crippen molar-refractivity contribution in [2.75, 3.05) is 12.0 Å². The van der Waals surface area contributed by atoms with Crippen LogP contribution in [0.15, 0.2) is 18.3 Å². The van der Waals surface area contributed by atoms with Crippen molar-refractivity contribution >= 4 is 17.3 Å². The number of pyridine rings is 1. The molecule has 0 aliphatic rings. The van der Waals surface area contributed by atoms with E-state index < -0.39 is 0 Å². The first-order valence-corrected chi connectivity index (χ1v) is 4.84. The van der Waals surface area contributed by atoms with Gasteiger partial charge in [0.15, 0.2) is 0 Å². The van der Waals surface area contributed by atoms with Crippen LogP contribution in [0.1, 0.15) is 20.8 Å². The maximum atomic E-state index is 5.65. The summed E-state index contributed by atoms with van der Waals surface area (Å²) in [6.45, 7) is 6.49. The van der Waals surface area contributed by atoms with Crippen molar-refractivity contribution in [3.05, 3.63) is 23.5 Å². The van der Waals surface area contributed by atoms with E-state index in [9.17, 15) is 0 Å². The fourth-order valence-electron chi connectivity index (χ4n) is 0.816. The van der Waals surface area contributed by atoms with Crippen molar-refractivity contribution < 1.29 is 4.74 Å². The van der Waals surface area contributed by atoms with Gasteiger partial charge in [0.1, 0.15) is 11.9 Å². The number of hydrogen-bond acceptors (Lipinski definition) is 3. The molecule has 0 amide bonds. The second kappa shape index (κ2) is 4.62. The molecule has 14 heavy (non-hydrogen) atoms. The summed E-state index contributed by atoms with van der Waals surface area (Å²) in [5.74, 6) is 0. The quantitative estimate of drug-likeness (QED) is 0.621. The molecule has 0 saturated carbocycles. The fourth-order valence-corrected chi connectivity index (χ4v) is 0.928. The normalized spacial score (nSPS) is 11.4. The Morgan fingerprint density at radius 1 is 1.43 bits per heavy atom. The van der Waals surface area contributed by atoms with Crippen LogP contribution < -0.4 is 5.32 Å². The Hall–Kier alpha value is -0.800. The molecule has 0 saturated heterocycles. The molecule has 3 nitrogen and oxygen atoms in total. The molecule has 1 N–H and O–H groups in total. The number of anilines is 1. The molecule has 0 aliphatic carbocycles. The lowest BCUT2D eigenvalue weighted by molar-refractivity contribution is 0.00845. The molecule has 0 atom stereocenters. The highest BCUT2D eigenvalue weighted by molar-refractivity contribution is 6.29. The Kier molecular flexibility index (Phi) is 3.72. The zero-order valence-corrected chi connectivity index (χ0v) is 9.43. The molecule has 0 aliphatic heterocycles. The van der Waals surface area contributed by atoms with E-state index in [0.29, 0.717) is 11.9 Å². The van der Waals surface area contributed by atoms with Crippen LogP contribution in [0.5, 0.6) is 0 Å². The van der Waals surface area contributed by atoms with Crippen LogP contribution in [-0.2, 0) is 4.74 Å². The van der Waals surface area contributed by atoms with E-state index in [1.54, 1.807) is 12.3 Å². The topological polar surface area (TPSA) is 34.1 Å². The van der Waals surface area contributed by atoms with Crippen LogP contribution in [0.4, 0.5) is 5.69 Å². The van der Waals surface area contributed by atoms with Crippen molar-refractivity contribution in [3.8, 4) is 0 Å². The van der Waals surface area contributed by atoms with Crippen molar-refractivity contribution in [1.29, 1.82) is 0 Å². The van der Waals surface area contributed by atoms with Gasteiger partial charge >= 0.3 is 0 Å². The summed E-state index contributed by atoms with van der Waals surface area (Å²) in [6.07, 6.45) is 1.67. The minimum absolute atomic E-state index is 0.132. The zero-order valence-electron chi connectivity index (χ0n) is 8.67. The van der Waals surface area contributed by atoms with Gasteiger partial charge in [-0.25, -0.2) is 4.98 Å². The predicted octanol–water partition coefficient (Wildman–Crippen LogP) is 2.92. The van der Waals surface area contributed by atoms with E-state index in [2.05, 4.69) is 10.3 Å². The molecule has 0 fully saturated rings. The summed E-state index contributed by atoms with van der Waals surface area (Å²) in [7, 11) is 0. The molecular weight excluding hydrogens is 200 g/mol. The highest BCUT2D eigenvalue weighted by Crippen LogP contribution is 2.11. The van der Waals surface area contributed by atoms with Gasteiger partial charge in [-0.1, -0.05) is 11.6 Å². The Labute approximate surface area is 89.4 Å². The SMILES string of the molecule is CC(C)(C)OCNc1ccc(Cl)nc1. The van der Waals surface area contributed by atoms with Gasteiger partial charge in [-0.05, 0) is 32.9 Å². The van der Waals surface area contributed by atoms with E-state index in [1.165, 1.54) is 0 Å². The van der Waals surface area contributed by atoms with Crippen LogP contribution in [-0.4, -0.2) is 17.3 Å². The van der Waals surface area contributed by atoms with E-state index >= 15 is 0 Å². The molecule has 1 aromatic rings. The Bertz CT molecular complexity index is 279. The van der Waals surface area contributed by atoms with Crippen LogP contribution in [0.25, 0.3) is 0 Å². The van der Waals surface area contributed by atoms with Crippen LogP contribution in [0.3, 0.4) is 0 Å². The first-order chi connectivity index (χ1) is 6.47. The predicted molar refractivity (Wildman–Crippen MR) is 58.6 cm³/mol. The average Bonchev–Trinajstić information content (AvgIpc) is 2.06. The van der Waals surface area contributed by atoms with Crippen molar-refractivity contribution in [2.45, 2.75) is 26.4 Å². The number of ether oxygens (including phenoxy) is 1. The zero-order chi connectivity index (χ0) is 10.6. The summed E-state index contributed by atoms with van der Waals surface area (Å²) in [6, 6.07) is 3.60. The molecular formula is C10H15ClN2O. The molecule has 0 radical (unpaired) electrons. The highest BCUT2D eigenvalue weighted by Gasteiger charge is 2.08. The molecule has 0 aromatic carbocycles.